The molecule has 0 amide bonds. The van der Waals surface area contributed by atoms with Crippen LogP contribution in [0.3, 0.4) is 0 Å². The summed E-state index contributed by atoms with van der Waals surface area (Å²) in [6, 6.07) is 7.01. The van der Waals surface area contributed by atoms with Gasteiger partial charge in [0.25, 0.3) is 0 Å². The molecule has 0 saturated heterocycles. The molecule has 2 rings (SSSR count). The SMILES string of the molecule is CCC1CCc2cc(I)ccc2C1CC. The first-order valence-corrected chi connectivity index (χ1v) is 7.12. The fourth-order valence-corrected chi connectivity index (χ4v) is 3.55. The standard InChI is InChI=1S/C14H19I/c1-3-10-5-6-11-9-12(15)7-8-14(11)13(10)4-2/h7-10,13H,3-6H2,1-2H3. The van der Waals surface area contributed by atoms with Crippen LogP contribution in [0.15, 0.2) is 18.2 Å². The molecule has 2 atom stereocenters. The highest BCUT2D eigenvalue weighted by atomic mass is 127. The van der Waals surface area contributed by atoms with Crippen LogP contribution in [0.4, 0.5) is 0 Å². The molecule has 0 aromatic heterocycles. The van der Waals surface area contributed by atoms with Gasteiger partial charge in [0.1, 0.15) is 0 Å². The predicted octanol–water partition coefficient (Wildman–Crippen LogP) is 4.76. The van der Waals surface area contributed by atoms with Gasteiger partial charge in [-0.05, 0) is 76.9 Å². The van der Waals surface area contributed by atoms with Gasteiger partial charge >= 0.3 is 0 Å². The topological polar surface area (TPSA) is 0 Å². The van der Waals surface area contributed by atoms with E-state index in [1.54, 1.807) is 11.1 Å². The molecule has 0 bridgehead atoms. The van der Waals surface area contributed by atoms with Crippen molar-refractivity contribution in [1.29, 1.82) is 0 Å². The predicted molar refractivity (Wildman–Crippen MR) is 74.3 cm³/mol. The molecule has 1 aromatic carbocycles. The summed E-state index contributed by atoms with van der Waals surface area (Å²) in [4.78, 5) is 0. The lowest BCUT2D eigenvalue weighted by atomic mass is 9.73. The van der Waals surface area contributed by atoms with Crippen molar-refractivity contribution in [2.24, 2.45) is 5.92 Å². The van der Waals surface area contributed by atoms with Crippen LogP contribution in [0.1, 0.15) is 50.2 Å². The Balaban J connectivity index is 2.37. The lowest BCUT2D eigenvalue weighted by Gasteiger charge is -2.32. The van der Waals surface area contributed by atoms with Crippen molar-refractivity contribution in [3.05, 3.63) is 32.9 Å². The maximum atomic E-state index is 2.42. The first kappa shape index (κ1) is 11.4. The van der Waals surface area contributed by atoms with Crippen LogP contribution in [0.2, 0.25) is 0 Å². The zero-order valence-corrected chi connectivity index (χ0v) is 11.8. The largest absolute Gasteiger partial charge is 0.0651 e. The van der Waals surface area contributed by atoms with E-state index in [9.17, 15) is 0 Å². The second-order valence-corrected chi connectivity index (χ2v) is 5.81. The highest BCUT2D eigenvalue weighted by molar-refractivity contribution is 14.1. The quantitative estimate of drug-likeness (QED) is 0.691. The molecule has 1 aliphatic carbocycles. The smallest absolute Gasteiger partial charge is 0.0133 e. The number of fused-ring (bicyclic) bond motifs is 1. The van der Waals surface area contributed by atoms with Crippen molar-refractivity contribution in [2.75, 3.05) is 0 Å². The Morgan fingerprint density at radius 1 is 1.27 bits per heavy atom. The minimum absolute atomic E-state index is 0.816. The van der Waals surface area contributed by atoms with E-state index >= 15 is 0 Å². The van der Waals surface area contributed by atoms with Gasteiger partial charge < -0.3 is 0 Å². The van der Waals surface area contributed by atoms with Gasteiger partial charge in [-0.25, -0.2) is 0 Å². The van der Waals surface area contributed by atoms with Gasteiger partial charge in [-0.1, -0.05) is 26.3 Å². The van der Waals surface area contributed by atoms with E-state index in [1.807, 2.05) is 0 Å². The Bertz CT molecular complexity index is 343. The summed E-state index contributed by atoms with van der Waals surface area (Å²) in [6.45, 7) is 4.67. The Hall–Kier alpha value is -0.0500. The lowest BCUT2D eigenvalue weighted by molar-refractivity contribution is 0.353. The molecule has 0 fully saturated rings. The second-order valence-electron chi connectivity index (χ2n) is 4.56. The highest BCUT2D eigenvalue weighted by Gasteiger charge is 2.26. The third kappa shape index (κ3) is 2.22. The Morgan fingerprint density at radius 2 is 2.07 bits per heavy atom. The van der Waals surface area contributed by atoms with E-state index in [0.29, 0.717) is 0 Å². The molecule has 0 N–H and O–H groups in total. The van der Waals surface area contributed by atoms with Gasteiger partial charge in [-0.3, -0.25) is 0 Å². The Morgan fingerprint density at radius 3 is 2.73 bits per heavy atom. The average Bonchev–Trinajstić information content (AvgIpc) is 2.27. The highest BCUT2D eigenvalue weighted by Crippen LogP contribution is 2.40. The molecule has 0 aliphatic heterocycles. The zero-order chi connectivity index (χ0) is 10.8. The van der Waals surface area contributed by atoms with Crippen LogP contribution in [0.25, 0.3) is 0 Å². The van der Waals surface area contributed by atoms with Crippen LogP contribution in [0.5, 0.6) is 0 Å². The van der Waals surface area contributed by atoms with Crippen molar-refractivity contribution in [1.82, 2.24) is 0 Å². The average molecular weight is 314 g/mol. The fourth-order valence-electron chi connectivity index (χ4n) is 2.99. The van der Waals surface area contributed by atoms with Crippen LogP contribution >= 0.6 is 22.6 Å². The molecular formula is C14H19I. The van der Waals surface area contributed by atoms with Gasteiger partial charge in [0, 0.05) is 3.57 Å². The molecule has 2 unspecified atom stereocenters. The zero-order valence-electron chi connectivity index (χ0n) is 9.59. The van der Waals surface area contributed by atoms with Crippen LogP contribution < -0.4 is 0 Å². The Labute approximate surface area is 107 Å². The molecular weight excluding hydrogens is 295 g/mol. The van der Waals surface area contributed by atoms with Gasteiger partial charge in [-0.2, -0.15) is 0 Å². The molecule has 0 heterocycles. The number of halogens is 1. The van der Waals surface area contributed by atoms with E-state index < -0.39 is 0 Å². The minimum Gasteiger partial charge on any atom is -0.0651 e. The van der Waals surface area contributed by atoms with E-state index in [0.717, 1.165) is 11.8 Å². The van der Waals surface area contributed by atoms with Crippen LogP contribution in [-0.2, 0) is 6.42 Å². The molecule has 0 saturated carbocycles. The molecule has 15 heavy (non-hydrogen) atoms. The van der Waals surface area contributed by atoms with Crippen molar-refractivity contribution >= 4 is 22.6 Å². The first-order chi connectivity index (χ1) is 7.26. The summed E-state index contributed by atoms with van der Waals surface area (Å²) in [5.41, 5.74) is 3.24. The van der Waals surface area contributed by atoms with Gasteiger partial charge in [0.2, 0.25) is 0 Å². The molecule has 1 aliphatic rings. The maximum Gasteiger partial charge on any atom is 0.0133 e. The second kappa shape index (κ2) is 4.86. The summed E-state index contributed by atoms with van der Waals surface area (Å²) in [7, 11) is 0. The number of aryl methyl sites for hydroxylation is 1. The van der Waals surface area contributed by atoms with E-state index in [-0.39, 0.29) is 0 Å². The minimum atomic E-state index is 0.816. The molecule has 1 aromatic rings. The molecule has 0 nitrogen and oxygen atoms in total. The van der Waals surface area contributed by atoms with Crippen molar-refractivity contribution < 1.29 is 0 Å². The Kier molecular flexibility index (Phi) is 3.70. The monoisotopic (exact) mass is 314 g/mol. The van der Waals surface area contributed by atoms with Gasteiger partial charge in [0.15, 0.2) is 0 Å². The first-order valence-electron chi connectivity index (χ1n) is 6.04. The van der Waals surface area contributed by atoms with Crippen molar-refractivity contribution in [2.45, 2.75) is 45.4 Å². The summed E-state index contributed by atoms with van der Waals surface area (Å²) in [6.07, 6.45) is 5.32. The normalized spacial score (nSPS) is 25.0. The fraction of sp³-hybridized carbons (Fsp3) is 0.571. The number of rotatable bonds is 2. The number of hydrogen-bond donors (Lipinski definition) is 0. The van der Waals surface area contributed by atoms with Crippen LogP contribution in [-0.4, -0.2) is 0 Å². The van der Waals surface area contributed by atoms with E-state index in [4.69, 9.17) is 0 Å². The summed E-state index contributed by atoms with van der Waals surface area (Å²) in [5, 5.41) is 0. The number of hydrogen-bond acceptors (Lipinski definition) is 0. The van der Waals surface area contributed by atoms with Gasteiger partial charge in [0.05, 0.1) is 0 Å². The van der Waals surface area contributed by atoms with E-state index in [2.05, 4.69) is 54.6 Å². The lowest BCUT2D eigenvalue weighted by Crippen LogP contribution is -2.19. The van der Waals surface area contributed by atoms with Crippen molar-refractivity contribution in [3.8, 4) is 0 Å². The summed E-state index contributed by atoms with van der Waals surface area (Å²) >= 11 is 2.42. The molecule has 1 heteroatoms. The maximum absolute atomic E-state index is 2.42. The molecule has 0 spiro atoms. The van der Waals surface area contributed by atoms with Gasteiger partial charge in [-0.15, -0.1) is 0 Å². The third-order valence-electron chi connectivity index (χ3n) is 3.82. The van der Waals surface area contributed by atoms with Crippen LogP contribution in [0, 0.1) is 9.49 Å². The number of benzene rings is 1. The summed E-state index contributed by atoms with van der Waals surface area (Å²) < 4.78 is 1.39. The molecule has 82 valence electrons. The molecule has 0 radical (unpaired) electrons. The van der Waals surface area contributed by atoms with E-state index in [1.165, 1.54) is 29.3 Å². The van der Waals surface area contributed by atoms with Crippen molar-refractivity contribution in [3.63, 3.8) is 0 Å². The summed E-state index contributed by atoms with van der Waals surface area (Å²) in [5.74, 6) is 1.73. The third-order valence-corrected chi connectivity index (χ3v) is 4.49.